The molecule has 2 heterocycles. The molecule has 0 unspecified atom stereocenters. The smallest absolute Gasteiger partial charge is 0.153 e. The monoisotopic (exact) mass is 362 g/mol. The number of benzene rings is 2. The van der Waals surface area contributed by atoms with Crippen molar-refractivity contribution in [2.24, 2.45) is 0 Å². The Morgan fingerprint density at radius 3 is 2.54 bits per heavy atom. The van der Waals surface area contributed by atoms with Crippen LogP contribution in [0.3, 0.4) is 0 Å². The molecule has 0 atom stereocenters. The highest BCUT2D eigenvalue weighted by atomic mass is 32.2. The summed E-state index contributed by atoms with van der Waals surface area (Å²) in [5.41, 5.74) is 3.36. The van der Waals surface area contributed by atoms with Crippen molar-refractivity contribution in [1.82, 2.24) is 15.5 Å². The fraction of sp³-hybridized carbons (Fsp3) is 0. The Balaban J connectivity index is 1.53. The van der Waals surface area contributed by atoms with E-state index in [2.05, 4.69) is 32.1 Å². The lowest BCUT2D eigenvalue weighted by atomic mass is 10.0. The molecule has 1 aromatic heterocycles. The van der Waals surface area contributed by atoms with E-state index in [9.17, 15) is 10.2 Å². The van der Waals surface area contributed by atoms with Gasteiger partial charge in [0.25, 0.3) is 0 Å². The number of anilines is 1. The topological polar surface area (TPSA) is 93.2 Å². The number of aromatic hydroxyl groups is 2. The van der Waals surface area contributed by atoms with Gasteiger partial charge < -0.3 is 20.8 Å². The van der Waals surface area contributed by atoms with Crippen molar-refractivity contribution in [3.05, 3.63) is 59.8 Å². The Kier molecular flexibility index (Phi) is 4.17. The summed E-state index contributed by atoms with van der Waals surface area (Å²) >= 11 is 1.40. The van der Waals surface area contributed by atoms with Gasteiger partial charge in [-0.05, 0) is 40.3 Å². The molecule has 0 amide bonds. The number of hydrogen-bond donors (Lipinski definition) is 5. The van der Waals surface area contributed by atoms with E-state index >= 15 is 0 Å². The highest BCUT2D eigenvalue weighted by Gasteiger charge is 2.09. The summed E-state index contributed by atoms with van der Waals surface area (Å²) in [4.78, 5) is 0. The van der Waals surface area contributed by atoms with Gasteiger partial charge in [-0.3, -0.25) is 5.10 Å². The van der Waals surface area contributed by atoms with Gasteiger partial charge in [-0.1, -0.05) is 24.3 Å². The number of nitrogens with one attached hydrogen (secondary N) is 3. The van der Waals surface area contributed by atoms with Gasteiger partial charge in [-0.15, -0.1) is 0 Å². The maximum absolute atomic E-state index is 9.98. The molecule has 3 aromatic rings. The molecule has 0 radical (unpaired) electrons. The first kappa shape index (κ1) is 16.0. The first-order valence-electron chi connectivity index (χ1n) is 7.77. The molecule has 0 bridgehead atoms. The number of thioether (sulfide) groups is 1. The van der Waals surface area contributed by atoms with Gasteiger partial charge in [0.15, 0.2) is 5.82 Å². The normalized spacial score (nSPS) is 12.5. The summed E-state index contributed by atoms with van der Waals surface area (Å²) in [5, 5.41) is 36.4. The summed E-state index contributed by atoms with van der Waals surface area (Å²) < 4.78 is 0. The Labute approximate surface area is 154 Å². The van der Waals surface area contributed by atoms with Crippen LogP contribution in [-0.4, -0.2) is 20.4 Å². The van der Waals surface area contributed by atoms with Gasteiger partial charge >= 0.3 is 0 Å². The molecular weight excluding hydrogens is 348 g/mol. The predicted octanol–water partition coefficient (Wildman–Crippen LogP) is 3.62. The molecule has 1 aliphatic heterocycles. The number of phenols is 2. The Hall–Kier alpha value is -3.50. The molecule has 0 saturated heterocycles. The van der Waals surface area contributed by atoms with Gasteiger partial charge in [0, 0.05) is 29.9 Å². The zero-order valence-corrected chi connectivity index (χ0v) is 14.3. The van der Waals surface area contributed by atoms with Crippen LogP contribution in [0, 0.1) is 11.3 Å². The summed E-state index contributed by atoms with van der Waals surface area (Å²) in [6.45, 7) is 0. The molecule has 1 aliphatic rings. The largest absolute Gasteiger partial charge is 0.508 e. The molecule has 0 fully saturated rings. The molecule has 128 valence electrons. The zero-order valence-electron chi connectivity index (χ0n) is 13.4. The van der Waals surface area contributed by atoms with E-state index in [0.29, 0.717) is 11.4 Å². The summed E-state index contributed by atoms with van der Waals surface area (Å²) in [5.74, 6) is 0.776. The lowest BCUT2D eigenvalue weighted by Crippen LogP contribution is -2.04. The van der Waals surface area contributed by atoms with Crippen LogP contribution in [0.15, 0.2) is 59.8 Å². The summed E-state index contributed by atoms with van der Waals surface area (Å²) in [7, 11) is 0. The van der Waals surface area contributed by atoms with Crippen molar-refractivity contribution in [3.8, 4) is 45.2 Å². The SMILES string of the molecule is Oc1ccc(-c2ccc(-c3cc(NC4=CNC#CS4)n[nH]3)cc2)c(O)c1. The molecule has 0 aliphatic carbocycles. The molecule has 7 heteroatoms. The minimum absolute atomic E-state index is 0.0350. The van der Waals surface area contributed by atoms with E-state index in [1.807, 2.05) is 30.3 Å². The molecule has 5 N–H and O–H groups in total. The van der Waals surface area contributed by atoms with Gasteiger partial charge in [0.2, 0.25) is 0 Å². The van der Waals surface area contributed by atoms with Crippen LogP contribution in [-0.2, 0) is 0 Å². The molecule has 4 rings (SSSR count). The van der Waals surface area contributed by atoms with Crippen molar-refractivity contribution in [1.29, 1.82) is 0 Å². The Morgan fingerprint density at radius 1 is 1.00 bits per heavy atom. The molecular formula is C19H14N4O2S. The van der Waals surface area contributed by atoms with Crippen LogP contribution in [0.5, 0.6) is 11.5 Å². The standard InChI is InChI=1S/C19H14N4O2S/c24-14-5-6-15(17(25)9-14)12-1-3-13(4-2-12)16-10-18(23-22-16)21-19-11-20-7-8-26-19/h1-6,9-11,20,24-25H,(H2,21,22,23). The Morgan fingerprint density at radius 2 is 1.81 bits per heavy atom. The van der Waals surface area contributed by atoms with E-state index in [0.717, 1.165) is 21.8 Å². The maximum Gasteiger partial charge on any atom is 0.153 e. The van der Waals surface area contributed by atoms with Crippen molar-refractivity contribution >= 4 is 17.6 Å². The van der Waals surface area contributed by atoms with Gasteiger partial charge in [-0.25, -0.2) is 0 Å². The molecule has 0 spiro atoms. The number of phenolic OH excluding ortho intramolecular Hbond substituents is 2. The fourth-order valence-electron chi connectivity index (χ4n) is 2.56. The minimum Gasteiger partial charge on any atom is -0.508 e. The third kappa shape index (κ3) is 3.31. The molecule has 2 aromatic carbocycles. The van der Waals surface area contributed by atoms with E-state index < -0.39 is 0 Å². The second kappa shape index (κ2) is 6.78. The number of rotatable bonds is 4. The fourth-order valence-corrected chi connectivity index (χ4v) is 3.05. The summed E-state index contributed by atoms with van der Waals surface area (Å²) in [6, 6.07) is 16.9. The second-order valence-electron chi connectivity index (χ2n) is 5.55. The Bertz CT molecular complexity index is 1050. The van der Waals surface area contributed by atoms with Crippen LogP contribution < -0.4 is 10.6 Å². The second-order valence-corrected chi connectivity index (χ2v) is 6.40. The number of hydrogen-bond acceptors (Lipinski definition) is 6. The van der Waals surface area contributed by atoms with Gasteiger partial charge in [0.05, 0.1) is 5.69 Å². The lowest BCUT2D eigenvalue weighted by molar-refractivity contribution is 0.452. The van der Waals surface area contributed by atoms with Crippen molar-refractivity contribution in [2.45, 2.75) is 0 Å². The predicted molar refractivity (Wildman–Crippen MR) is 103 cm³/mol. The summed E-state index contributed by atoms with van der Waals surface area (Å²) in [6.07, 6.45) is 1.79. The molecule has 26 heavy (non-hydrogen) atoms. The minimum atomic E-state index is 0.0350. The number of H-pyrrole nitrogens is 1. The first-order chi connectivity index (χ1) is 12.7. The van der Waals surface area contributed by atoms with Crippen molar-refractivity contribution < 1.29 is 10.2 Å². The average Bonchev–Trinajstić information content (AvgIpc) is 3.11. The maximum atomic E-state index is 9.98. The third-order valence-electron chi connectivity index (χ3n) is 3.80. The van der Waals surface area contributed by atoms with E-state index in [1.165, 1.54) is 17.8 Å². The molecule has 6 nitrogen and oxygen atoms in total. The van der Waals surface area contributed by atoms with Crippen LogP contribution in [0.25, 0.3) is 22.4 Å². The van der Waals surface area contributed by atoms with Gasteiger partial charge in [0.1, 0.15) is 16.5 Å². The van der Waals surface area contributed by atoms with Crippen LogP contribution in [0.1, 0.15) is 0 Å². The lowest BCUT2D eigenvalue weighted by Gasteiger charge is -2.06. The number of nitrogens with zero attached hydrogens (tertiary/aromatic N) is 1. The van der Waals surface area contributed by atoms with Crippen LogP contribution >= 0.6 is 11.8 Å². The van der Waals surface area contributed by atoms with E-state index in [-0.39, 0.29) is 11.5 Å². The van der Waals surface area contributed by atoms with E-state index in [1.54, 1.807) is 18.3 Å². The number of aromatic nitrogens is 2. The van der Waals surface area contributed by atoms with Crippen LogP contribution in [0.4, 0.5) is 5.82 Å². The molecule has 0 saturated carbocycles. The van der Waals surface area contributed by atoms with E-state index in [4.69, 9.17) is 0 Å². The van der Waals surface area contributed by atoms with Crippen molar-refractivity contribution in [3.63, 3.8) is 0 Å². The first-order valence-corrected chi connectivity index (χ1v) is 8.58. The quantitative estimate of drug-likeness (QED) is 0.455. The van der Waals surface area contributed by atoms with Gasteiger partial charge in [-0.2, -0.15) is 5.10 Å². The highest BCUT2D eigenvalue weighted by Crippen LogP contribution is 2.33. The average molecular weight is 362 g/mol. The zero-order chi connectivity index (χ0) is 17.9. The van der Waals surface area contributed by atoms with Crippen LogP contribution in [0.2, 0.25) is 0 Å². The number of aromatic amines is 1. The van der Waals surface area contributed by atoms with Crippen molar-refractivity contribution in [2.75, 3.05) is 5.32 Å². The third-order valence-corrected chi connectivity index (χ3v) is 4.45. The highest BCUT2D eigenvalue weighted by molar-refractivity contribution is 8.07.